The zero-order chi connectivity index (χ0) is 14.6. The monoisotopic (exact) mass is 313 g/mol. The molecular weight excluding hydrogens is 290 g/mol. The van der Waals surface area contributed by atoms with E-state index in [4.69, 9.17) is 10.5 Å². The molecule has 0 bridgehead atoms. The van der Waals surface area contributed by atoms with Gasteiger partial charge in [-0.25, -0.2) is 0 Å². The van der Waals surface area contributed by atoms with E-state index in [2.05, 4.69) is 10.2 Å². The molecule has 1 aromatic carbocycles. The molecule has 2 atom stereocenters. The number of halogens is 1. The Kier molecular flexibility index (Phi) is 6.61. The molecule has 1 amide bonds. The fourth-order valence-corrected chi connectivity index (χ4v) is 2.30. The van der Waals surface area contributed by atoms with Crippen molar-refractivity contribution in [1.82, 2.24) is 10.2 Å². The molecule has 5 nitrogen and oxygen atoms in total. The molecule has 1 fully saturated rings. The predicted molar refractivity (Wildman–Crippen MR) is 85.5 cm³/mol. The van der Waals surface area contributed by atoms with Gasteiger partial charge in [-0.2, -0.15) is 0 Å². The van der Waals surface area contributed by atoms with Crippen molar-refractivity contribution in [3.63, 3.8) is 0 Å². The van der Waals surface area contributed by atoms with Gasteiger partial charge in [0.25, 0.3) is 0 Å². The van der Waals surface area contributed by atoms with E-state index in [1.807, 2.05) is 37.4 Å². The van der Waals surface area contributed by atoms with Crippen LogP contribution in [0.1, 0.15) is 12.5 Å². The van der Waals surface area contributed by atoms with E-state index in [0.717, 1.165) is 18.7 Å². The molecule has 1 aromatic rings. The third kappa shape index (κ3) is 4.68. The van der Waals surface area contributed by atoms with Gasteiger partial charge in [0.2, 0.25) is 5.91 Å². The molecule has 0 radical (unpaired) electrons. The van der Waals surface area contributed by atoms with Gasteiger partial charge in [0.15, 0.2) is 0 Å². The average Bonchev–Trinajstić information content (AvgIpc) is 2.45. The molecule has 0 saturated carbocycles. The molecule has 1 aliphatic rings. The summed E-state index contributed by atoms with van der Waals surface area (Å²) in [7, 11) is 2.05. The van der Waals surface area contributed by atoms with Crippen LogP contribution in [0.25, 0.3) is 0 Å². The maximum atomic E-state index is 12.3. The minimum atomic E-state index is -1.03. The van der Waals surface area contributed by atoms with E-state index in [1.54, 1.807) is 6.92 Å². The lowest BCUT2D eigenvalue weighted by Crippen LogP contribution is -2.53. The summed E-state index contributed by atoms with van der Waals surface area (Å²) in [6, 6.07) is 9.40. The van der Waals surface area contributed by atoms with Crippen molar-refractivity contribution in [2.75, 3.05) is 33.3 Å². The highest BCUT2D eigenvalue weighted by atomic mass is 35.5. The molecule has 1 saturated heterocycles. The number of amides is 1. The quantitative estimate of drug-likeness (QED) is 0.860. The van der Waals surface area contributed by atoms with E-state index in [0.29, 0.717) is 13.2 Å². The van der Waals surface area contributed by atoms with Crippen LogP contribution >= 0.6 is 12.4 Å². The second kappa shape index (κ2) is 7.75. The van der Waals surface area contributed by atoms with Crippen molar-refractivity contribution in [3.8, 4) is 0 Å². The predicted octanol–water partition coefficient (Wildman–Crippen LogP) is 0.729. The van der Waals surface area contributed by atoms with Crippen molar-refractivity contribution in [2.24, 2.45) is 5.73 Å². The second-order valence-corrected chi connectivity index (χ2v) is 5.53. The highest BCUT2D eigenvalue weighted by molar-refractivity contribution is 5.87. The highest BCUT2D eigenvalue weighted by Gasteiger charge is 2.31. The maximum Gasteiger partial charge on any atom is 0.244 e. The molecule has 0 aromatic heterocycles. The number of rotatable bonds is 4. The summed E-state index contributed by atoms with van der Waals surface area (Å²) in [5.41, 5.74) is 5.94. The number of morpholine rings is 1. The van der Waals surface area contributed by atoms with Gasteiger partial charge in [0.05, 0.1) is 12.7 Å². The van der Waals surface area contributed by atoms with Crippen molar-refractivity contribution >= 4 is 18.3 Å². The van der Waals surface area contributed by atoms with Gasteiger partial charge in [-0.1, -0.05) is 30.3 Å². The van der Waals surface area contributed by atoms with E-state index in [-0.39, 0.29) is 24.4 Å². The number of likely N-dealkylation sites (N-methyl/N-ethyl adjacent to an activating group) is 1. The lowest BCUT2D eigenvalue weighted by molar-refractivity contribution is -0.127. The lowest BCUT2D eigenvalue weighted by Gasteiger charge is -2.31. The van der Waals surface area contributed by atoms with Gasteiger partial charge in [-0.05, 0) is 19.5 Å². The van der Waals surface area contributed by atoms with Crippen LogP contribution in [0.5, 0.6) is 0 Å². The summed E-state index contributed by atoms with van der Waals surface area (Å²) in [4.78, 5) is 14.5. The highest BCUT2D eigenvalue weighted by Crippen LogP contribution is 2.17. The lowest BCUT2D eigenvalue weighted by atomic mass is 9.92. The number of hydrogen-bond donors (Lipinski definition) is 2. The number of nitrogens with zero attached hydrogens (tertiary/aromatic N) is 1. The van der Waals surface area contributed by atoms with E-state index in [9.17, 15) is 4.79 Å². The fraction of sp³-hybridized carbons (Fsp3) is 0.533. The molecule has 1 heterocycles. The van der Waals surface area contributed by atoms with E-state index in [1.165, 1.54) is 0 Å². The Balaban J connectivity index is 0.00000220. The maximum absolute atomic E-state index is 12.3. The number of ether oxygens (including phenoxy) is 1. The summed E-state index contributed by atoms with van der Waals surface area (Å²) < 4.78 is 5.62. The average molecular weight is 314 g/mol. The molecule has 21 heavy (non-hydrogen) atoms. The largest absolute Gasteiger partial charge is 0.374 e. The number of nitrogens with one attached hydrogen (secondary N) is 1. The molecule has 118 valence electrons. The molecule has 1 aliphatic heterocycles. The van der Waals surface area contributed by atoms with Crippen LogP contribution in [-0.4, -0.2) is 50.2 Å². The van der Waals surface area contributed by atoms with Crippen molar-refractivity contribution in [1.29, 1.82) is 0 Å². The molecule has 0 spiro atoms. The van der Waals surface area contributed by atoms with Crippen molar-refractivity contribution in [3.05, 3.63) is 35.9 Å². The zero-order valence-electron chi connectivity index (χ0n) is 12.5. The minimum Gasteiger partial charge on any atom is -0.374 e. The Bertz CT molecular complexity index is 453. The van der Waals surface area contributed by atoms with Gasteiger partial charge in [0, 0.05) is 19.6 Å². The Hall–Kier alpha value is -1.14. The molecule has 0 aliphatic carbocycles. The number of carbonyl (C=O) groups excluding carboxylic acids is 1. The Labute approximate surface area is 132 Å². The number of hydrogen-bond acceptors (Lipinski definition) is 4. The SMILES string of the molecule is CN1CCOC(CNC(=O)C(C)(N)c2ccccc2)C1.Cl. The molecule has 2 rings (SSSR count). The summed E-state index contributed by atoms with van der Waals surface area (Å²) in [6.45, 7) is 4.68. The normalized spacial score (nSPS) is 22.0. The Morgan fingerprint density at radius 2 is 2.14 bits per heavy atom. The van der Waals surface area contributed by atoms with Crippen LogP contribution in [0.15, 0.2) is 30.3 Å². The molecule has 3 N–H and O–H groups in total. The van der Waals surface area contributed by atoms with Crippen molar-refractivity contribution < 1.29 is 9.53 Å². The first-order valence-corrected chi connectivity index (χ1v) is 6.93. The number of nitrogens with two attached hydrogens (primary N) is 1. The van der Waals surface area contributed by atoms with Crippen LogP contribution in [0.3, 0.4) is 0 Å². The third-order valence-corrected chi connectivity index (χ3v) is 3.68. The van der Waals surface area contributed by atoms with Gasteiger partial charge in [0.1, 0.15) is 5.54 Å². The van der Waals surface area contributed by atoms with Crippen LogP contribution in [0.2, 0.25) is 0 Å². The second-order valence-electron chi connectivity index (χ2n) is 5.53. The fourth-order valence-electron chi connectivity index (χ4n) is 2.30. The van der Waals surface area contributed by atoms with Gasteiger partial charge in [-0.3, -0.25) is 4.79 Å². The van der Waals surface area contributed by atoms with Crippen LogP contribution in [-0.2, 0) is 15.1 Å². The van der Waals surface area contributed by atoms with Crippen molar-refractivity contribution in [2.45, 2.75) is 18.6 Å². The Morgan fingerprint density at radius 3 is 2.76 bits per heavy atom. The van der Waals surface area contributed by atoms with Crippen LogP contribution < -0.4 is 11.1 Å². The summed E-state index contributed by atoms with van der Waals surface area (Å²) in [5.74, 6) is -0.180. The number of carbonyl (C=O) groups is 1. The van der Waals surface area contributed by atoms with Crippen LogP contribution in [0.4, 0.5) is 0 Å². The number of benzene rings is 1. The molecular formula is C15H24ClN3O2. The van der Waals surface area contributed by atoms with Gasteiger partial charge >= 0.3 is 0 Å². The first-order valence-electron chi connectivity index (χ1n) is 6.93. The smallest absolute Gasteiger partial charge is 0.244 e. The standard InChI is InChI=1S/C15H23N3O2.ClH/c1-15(16,12-6-4-3-5-7-12)14(19)17-10-13-11-18(2)8-9-20-13;/h3-7,13H,8-11,16H2,1-2H3,(H,17,19);1H. The van der Waals surface area contributed by atoms with Gasteiger partial charge in [-0.15, -0.1) is 12.4 Å². The third-order valence-electron chi connectivity index (χ3n) is 3.68. The topological polar surface area (TPSA) is 67.6 Å². The molecule has 6 heteroatoms. The summed E-state index contributed by atoms with van der Waals surface area (Å²) in [5, 5.41) is 2.90. The summed E-state index contributed by atoms with van der Waals surface area (Å²) in [6.07, 6.45) is 0.0317. The first-order chi connectivity index (χ1) is 9.50. The van der Waals surface area contributed by atoms with Crippen LogP contribution in [0, 0.1) is 0 Å². The summed E-state index contributed by atoms with van der Waals surface area (Å²) >= 11 is 0. The van der Waals surface area contributed by atoms with E-state index >= 15 is 0 Å². The van der Waals surface area contributed by atoms with Gasteiger partial charge < -0.3 is 20.7 Å². The molecule has 2 unspecified atom stereocenters. The first kappa shape index (κ1) is 17.9. The zero-order valence-corrected chi connectivity index (χ0v) is 13.4. The van der Waals surface area contributed by atoms with E-state index < -0.39 is 5.54 Å². The Morgan fingerprint density at radius 1 is 1.48 bits per heavy atom. The minimum absolute atomic E-state index is 0.